The monoisotopic (exact) mass is 707 g/mol. The van der Waals surface area contributed by atoms with Gasteiger partial charge in [0.1, 0.15) is 9.96 Å². The molecule has 264 valence electrons. The fourth-order valence-corrected chi connectivity index (χ4v) is 14.3. The topological polar surface area (TPSA) is 113 Å². The van der Waals surface area contributed by atoms with E-state index in [4.69, 9.17) is 9.47 Å². The Hall–Kier alpha value is -2.34. The standard InChI is InChI=1S/C39H49NO7S2/c1-35-15-12-27(41)22-37(35)18-19-39(30(23-37)34(42)26-8-10-28(46-3)11-9-26)31(35)13-16-36(2)32(39)14-17-38(36,43)25-40(24-29-6-4-20-47-29)49(44,45)33-7-5-21-48-33/h5,7-11,18-19,21,23,27,29,31-32,41,43H,4,6,12-17,20,22,24-25H2,1-3H3/t27?,29-,31-,32-,35-,36+,37+,38-,39-/m1/s1. The normalized spacial score (nSPS) is 40.9. The zero-order valence-electron chi connectivity index (χ0n) is 28.8. The summed E-state index contributed by atoms with van der Waals surface area (Å²) in [5.74, 6) is 0.741. The Balaban J connectivity index is 1.22. The van der Waals surface area contributed by atoms with Crippen LogP contribution in [-0.4, -0.2) is 73.3 Å². The maximum atomic E-state index is 14.8. The molecule has 1 unspecified atom stereocenters. The molecule has 0 amide bonds. The van der Waals surface area contributed by atoms with Gasteiger partial charge in [-0.05, 0) is 111 Å². The fraction of sp³-hybridized carbons (Fsp3) is 0.615. The summed E-state index contributed by atoms with van der Waals surface area (Å²) < 4.78 is 41.4. The molecule has 1 aliphatic heterocycles. The Bertz CT molecular complexity index is 1780. The van der Waals surface area contributed by atoms with Crippen LogP contribution in [0, 0.1) is 33.5 Å². The van der Waals surface area contributed by atoms with Crippen molar-refractivity contribution in [3.8, 4) is 5.75 Å². The van der Waals surface area contributed by atoms with Gasteiger partial charge in [-0.25, -0.2) is 8.42 Å². The van der Waals surface area contributed by atoms with Crippen LogP contribution in [0.15, 0.2) is 69.8 Å². The number of thiophene rings is 1. The van der Waals surface area contributed by atoms with Crippen molar-refractivity contribution in [2.75, 3.05) is 26.8 Å². The van der Waals surface area contributed by atoms with Crippen LogP contribution in [0.5, 0.6) is 5.75 Å². The highest BCUT2D eigenvalue weighted by Crippen LogP contribution is 2.78. The summed E-state index contributed by atoms with van der Waals surface area (Å²) in [6.07, 6.45) is 12.7. The SMILES string of the molecule is COc1ccc(C(=O)C2=C[C@@]34C=C[C@@]25[C@@H]2CC[C@@](O)(CN(C[C@H]6CCCO6)S(=O)(=O)c6cccs6)[C@@]2(C)CC[C@@H]5[C@@]3(C)CCC(O)C4)cc1. The number of rotatable bonds is 9. The molecular formula is C39H49NO7S2. The van der Waals surface area contributed by atoms with Gasteiger partial charge in [0, 0.05) is 47.1 Å². The molecule has 4 fully saturated rings. The first-order valence-electron chi connectivity index (χ1n) is 18.0. The van der Waals surface area contributed by atoms with Crippen LogP contribution in [0.2, 0.25) is 0 Å². The molecule has 2 bridgehead atoms. The maximum absolute atomic E-state index is 14.8. The lowest BCUT2D eigenvalue weighted by atomic mass is 9.32. The number of hydrogen-bond donors (Lipinski definition) is 2. The Labute approximate surface area is 294 Å². The van der Waals surface area contributed by atoms with Gasteiger partial charge in [-0.3, -0.25) is 4.79 Å². The number of nitrogens with zero attached hydrogens (tertiary/aromatic N) is 1. The second-order valence-corrected chi connectivity index (χ2v) is 19.3. The molecule has 9 rings (SSSR count). The Kier molecular flexibility index (Phi) is 7.99. The summed E-state index contributed by atoms with van der Waals surface area (Å²) in [6, 6.07) is 10.7. The number of aliphatic hydroxyl groups is 2. The van der Waals surface area contributed by atoms with Crippen molar-refractivity contribution in [2.45, 2.75) is 93.7 Å². The van der Waals surface area contributed by atoms with E-state index in [1.807, 2.05) is 24.3 Å². The third-order valence-electron chi connectivity index (χ3n) is 14.3. The molecule has 7 aliphatic rings. The number of fused-ring (bicyclic) bond motifs is 1. The third-order valence-corrected chi connectivity index (χ3v) is 17.5. The highest BCUT2D eigenvalue weighted by molar-refractivity contribution is 7.91. The molecule has 9 atom stereocenters. The Morgan fingerprint density at radius 3 is 2.45 bits per heavy atom. The summed E-state index contributed by atoms with van der Waals surface area (Å²) in [6.45, 7) is 5.34. The van der Waals surface area contributed by atoms with Gasteiger partial charge >= 0.3 is 0 Å². The highest BCUT2D eigenvalue weighted by atomic mass is 32.2. The molecule has 2 heterocycles. The number of benzene rings is 1. The summed E-state index contributed by atoms with van der Waals surface area (Å²) >= 11 is 1.20. The van der Waals surface area contributed by atoms with Crippen LogP contribution in [0.3, 0.4) is 0 Å². The lowest BCUT2D eigenvalue weighted by molar-refractivity contribution is -0.174. The van der Waals surface area contributed by atoms with E-state index < -0.39 is 38.0 Å². The number of carbonyl (C=O) groups is 1. The lowest BCUT2D eigenvalue weighted by Crippen LogP contribution is -2.67. The van der Waals surface area contributed by atoms with Gasteiger partial charge in [0.25, 0.3) is 10.0 Å². The van der Waals surface area contributed by atoms with Crippen molar-refractivity contribution >= 4 is 27.1 Å². The van der Waals surface area contributed by atoms with Crippen LogP contribution in [0.1, 0.15) is 82.0 Å². The molecule has 10 heteroatoms. The molecule has 2 aromatic rings. The number of allylic oxidation sites excluding steroid dienone is 4. The molecule has 1 saturated heterocycles. The molecule has 1 aromatic heterocycles. The van der Waals surface area contributed by atoms with E-state index in [2.05, 4.69) is 32.1 Å². The number of carbonyl (C=O) groups excluding carboxylic acids is 1. The average Bonchev–Trinajstić information content (AvgIpc) is 3.87. The molecule has 3 saturated carbocycles. The van der Waals surface area contributed by atoms with Crippen LogP contribution < -0.4 is 4.74 Å². The van der Waals surface area contributed by atoms with Crippen molar-refractivity contribution in [3.63, 3.8) is 0 Å². The highest BCUT2D eigenvalue weighted by Gasteiger charge is 2.74. The van der Waals surface area contributed by atoms with Gasteiger partial charge in [-0.2, -0.15) is 4.31 Å². The smallest absolute Gasteiger partial charge is 0.252 e. The number of hydrogen-bond acceptors (Lipinski definition) is 8. The van der Waals surface area contributed by atoms with Gasteiger partial charge in [0.05, 0.1) is 24.9 Å². The fourth-order valence-electron chi connectivity index (χ4n) is 11.6. The second kappa shape index (κ2) is 11.6. The molecule has 8 nitrogen and oxygen atoms in total. The van der Waals surface area contributed by atoms with Crippen LogP contribution in [0.25, 0.3) is 0 Å². The number of ketones is 1. The van der Waals surface area contributed by atoms with E-state index in [0.717, 1.165) is 44.1 Å². The lowest BCUT2D eigenvalue weighted by Gasteiger charge is -2.71. The Morgan fingerprint density at radius 2 is 1.76 bits per heavy atom. The first-order chi connectivity index (χ1) is 23.3. The summed E-state index contributed by atoms with van der Waals surface area (Å²) in [7, 11) is -2.26. The van der Waals surface area contributed by atoms with Gasteiger partial charge < -0.3 is 19.7 Å². The van der Waals surface area contributed by atoms with Crippen molar-refractivity contribution in [2.24, 2.45) is 33.5 Å². The summed E-state index contributed by atoms with van der Waals surface area (Å²) in [5.41, 5.74) is -1.79. The Morgan fingerprint density at radius 1 is 1.02 bits per heavy atom. The van der Waals surface area contributed by atoms with E-state index in [-0.39, 0.29) is 46.4 Å². The summed E-state index contributed by atoms with van der Waals surface area (Å²) in [5, 5.41) is 25.7. The van der Waals surface area contributed by atoms with Crippen LogP contribution >= 0.6 is 11.3 Å². The van der Waals surface area contributed by atoms with Crippen LogP contribution in [0.4, 0.5) is 0 Å². The predicted octanol–water partition coefficient (Wildman–Crippen LogP) is 6.40. The summed E-state index contributed by atoms with van der Waals surface area (Å²) in [4.78, 5) is 14.8. The van der Waals surface area contributed by atoms with E-state index in [9.17, 15) is 23.4 Å². The van der Waals surface area contributed by atoms with Crippen molar-refractivity contribution in [3.05, 3.63) is 71.1 Å². The van der Waals surface area contributed by atoms with Gasteiger partial charge in [-0.1, -0.05) is 38.1 Å². The first-order valence-corrected chi connectivity index (χ1v) is 20.3. The number of aliphatic hydroxyl groups excluding tert-OH is 1. The maximum Gasteiger partial charge on any atom is 0.252 e. The zero-order chi connectivity index (χ0) is 34.5. The van der Waals surface area contributed by atoms with E-state index in [1.165, 1.54) is 15.6 Å². The number of sulfonamides is 1. The van der Waals surface area contributed by atoms with Crippen molar-refractivity contribution in [1.29, 1.82) is 0 Å². The molecule has 2 spiro atoms. The predicted molar refractivity (Wildman–Crippen MR) is 188 cm³/mol. The molecular weight excluding hydrogens is 659 g/mol. The third kappa shape index (κ3) is 4.73. The van der Waals surface area contributed by atoms with E-state index in [1.54, 1.807) is 24.6 Å². The second-order valence-electron chi connectivity index (χ2n) is 16.2. The molecule has 0 radical (unpaired) electrons. The van der Waals surface area contributed by atoms with Crippen LogP contribution in [-0.2, 0) is 14.8 Å². The average molecular weight is 708 g/mol. The minimum atomic E-state index is -3.87. The number of Topliss-reactive ketones (excluding diaryl/α,β-unsaturated/α-hetero) is 1. The number of ether oxygens (including phenoxy) is 2. The van der Waals surface area contributed by atoms with E-state index in [0.29, 0.717) is 37.2 Å². The molecule has 1 aromatic carbocycles. The quantitative estimate of drug-likeness (QED) is 0.229. The first kappa shape index (κ1) is 33.8. The minimum Gasteiger partial charge on any atom is -0.497 e. The molecule has 6 aliphatic carbocycles. The van der Waals surface area contributed by atoms with Crippen molar-refractivity contribution in [1.82, 2.24) is 4.31 Å². The molecule has 49 heavy (non-hydrogen) atoms. The van der Waals surface area contributed by atoms with Gasteiger partial charge in [0.15, 0.2) is 5.78 Å². The van der Waals surface area contributed by atoms with Gasteiger partial charge in [-0.15, -0.1) is 11.3 Å². The minimum absolute atomic E-state index is 0.0105. The zero-order valence-corrected chi connectivity index (χ0v) is 30.4. The van der Waals surface area contributed by atoms with E-state index >= 15 is 0 Å². The number of methoxy groups -OCH3 is 1. The largest absolute Gasteiger partial charge is 0.497 e. The van der Waals surface area contributed by atoms with Crippen molar-refractivity contribution < 1.29 is 32.9 Å². The van der Waals surface area contributed by atoms with Gasteiger partial charge in [0.2, 0.25) is 0 Å². The molecule has 2 N–H and O–H groups in total.